The van der Waals surface area contributed by atoms with Gasteiger partial charge in [0.05, 0.1) is 16.9 Å². The average Bonchev–Trinajstić information content (AvgIpc) is 3.28. The second-order valence-corrected chi connectivity index (χ2v) is 10.5. The average molecular weight is 506 g/mol. The van der Waals surface area contributed by atoms with Crippen LogP contribution in [0.1, 0.15) is 30.5 Å². The van der Waals surface area contributed by atoms with E-state index in [1.807, 2.05) is 67.6 Å². The Labute approximate surface area is 211 Å². The highest BCUT2D eigenvalue weighted by Gasteiger charge is 2.48. The molecule has 186 valence electrons. The van der Waals surface area contributed by atoms with Crippen molar-refractivity contribution in [3.8, 4) is 0 Å². The van der Waals surface area contributed by atoms with Gasteiger partial charge in [-0.3, -0.25) is 13.9 Å². The van der Waals surface area contributed by atoms with Crippen molar-refractivity contribution in [3.63, 3.8) is 0 Å². The molecule has 8 heteroatoms. The van der Waals surface area contributed by atoms with Gasteiger partial charge in [-0.25, -0.2) is 8.42 Å². The zero-order chi connectivity index (χ0) is 25.9. The summed E-state index contributed by atoms with van der Waals surface area (Å²) in [5, 5.41) is 0. The van der Waals surface area contributed by atoms with Gasteiger partial charge in [-0.1, -0.05) is 78.4 Å². The molecule has 1 aliphatic heterocycles. The molecule has 3 aromatic rings. The largest absolute Gasteiger partial charge is 0.419 e. The van der Waals surface area contributed by atoms with E-state index >= 15 is 0 Å². The van der Waals surface area contributed by atoms with Crippen molar-refractivity contribution in [2.45, 2.75) is 37.4 Å². The van der Waals surface area contributed by atoms with Gasteiger partial charge in [0.2, 0.25) is 0 Å². The van der Waals surface area contributed by atoms with Crippen molar-refractivity contribution in [1.29, 1.82) is 0 Å². The van der Waals surface area contributed by atoms with Crippen LogP contribution in [0.15, 0.2) is 102 Å². The van der Waals surface area contributed by atoms with Gasteiger partial charge in [0.1, 0.15) is 5.70 Å². The quantitative estimate of drug-likeness (QED) is 0.351. The van der Waals surface area contributed by atoms with Gasteiger partial charge >= 0.3 is 11.9 Å². The van der Waals surface area contributed by atoms with Crippen LogP contribution in [0.5, 0.6) is 0 Å². The van der Waals surface area contributed by atoms with Gasteiger partial charge in [0, 0.05) is 13.8 Å². The number of ether oxygens (including phenoxy) is 2. The van der Waals surface area contributed by atoms with E-state index in [2.05, 4.69) is 0 Å². The molecule has 0 aliphatic carbocycles. The summed E-state index contributed by atoms with van der Waals surface area (Å²) in [5.74, 6) is -1.43. The van der Waals surface area contributed by atoms with E-state index in [-0.39, 0.29) is 17.1 Å². The molecule has 1 heterocycles. The summed E-state index contributed by atoms with van der Waals surface area (Å²) in [6.07, 6.45) is 0.175. The molecule has 1 aliphatic rings. The maximum atomic E-state index is 14.0. The lowest BCUT2D eigenvalue weighted by molar-refractivity contribution is -0.179. The molecule has 0 N–H and O–H groups in total. The van der Waals surface area contributed by atoms with Crippen LogP contribution in [-0.4, -0.2) is 37.5 Å². The van der Waals surface area contributed by atoms with Crippen LogP contribution in [0, 0.1) is 6.92 Å². The summed E-state index contributed by atoms with van der Waals surface area (Å²) in [6, 6.07) is 25.4. The third-order valence-corrected chi connectivity index (χ3v) is 7.84. The molecule has 0 aromatic heterocycles. The highest BCUT2D eigenvalue weighted by atomic mass is 32.2. The minimum Gasteiger partial charge on any atom is -0.419 e. The standard InChI is InChI=1S/C28H27NO6S/c1-20-14-16-25(17-15-20)36(32,33)29-19-28(23-10-6-4-7-11-23,24-12-8-5-9-13-24)18-26(29)27(34-21(2)30)35-22(3)31/h4-18,27H,19H2,1-3H3. The third kappa shape index (κ3) is 4.90. The van der Waals surface area contributed by atoms with E-state index in [0.717, 1.165) is 16.7 Å². The van der Waals surface area contributed by atoms with Gasteiger partial charge in [-0.2, -0.15) is 0 Å². The third-order valence-electron chi connectivity index (χ3n) is 6.05. The van der Waals surface area contributed by atoms with Gasteiger partial charge in [0.25, 0.3) is 16.3 Å². The highest BCUT2D eigenvalue weighted by Crippen LogP contribution is 2.44. The first-order valence-corrected chi connectivity index (χ1v) is 12.9. The predicted molar refractivity (Wildman–Crippen MR) is 134 cm³/mol. The number of hydrogen-bond acceptors (Lipinski definition) is 6. The van der Waals surface area contributed by atoms with Crippen molar-refractivity contribution in [1.82, 2.24) is 4.31 Å². The number of sulfonamides is 1. The van der Waals surface area contributed by atoms with Crippen LogP contribution in [-0.2, 0) is 34.5 Å². The molecule has 0 amide bonds. The number of carbonyl (C=O) groups is 2. The molecule has 0 spiro atoms. The van der Waals surface area contributed by atoms with Crippen LogP contribution in [0.2, 0.25) is 0 Å². The zero-order valence-electron chi connectivity index (χ0n) is 20.2. The number of aryl methyl sites for hydroxylation is 1. The monoisotopic (exact) mass is 505 g/mol. The van der Waals surface area contributed by atoms with E-state index in [4.69, 9.17) is 9.47 Å². The maximum absolute atomic E-state index is 14.0. The molecule has 0 unspecified atom stereocenters. The van der Waals surface area contributed by atoms with Crippen LogP contribution >= 0.6 is 0 Å². The summed E-state index contributed by atoms with van der Waals surface area (Å²) in [5.41, 5.74) is 1.69. The summed E-state index contributed by atoms with van der Waals surface area (Å²) >= 11 is 0. The normalized spacial score (nSPS) is 14.9. The molecule has 3 aromatic carbocycles. The fourth-order valence-corrected chi connectivity index (χ4v) is 5.89. The van der Waals surface area contributed by atoms with Crippen LogP contribution in [0.25, 0.3) is 0 Å². The Morgan fingerprint density at radius 3 is 1.72 bits per heavy atom. The minimum atomic E-state index is -4.13. The molecule has 7 nitrogen and oxygen atoms in total. The first kappa shape index (κ1) is 25.2. The van der Waals surface area contributed by atoms with Crippen molar-refractivity contribution >= 4 is 22.0 Å². The molecule has 0 saturated heterocycles. The molecule has 4 rings (SSSR count). The van der Waals surface area contributed by atoms with E-state index in [9.17, 15) is 18.0 Å². The van der Waals surface area contributed by atoms with E-state index < -0.39 is 33.7 Å². The van der Waals surface area contributed by atoms with Crippen molar-refractivity contribution in [2.75, 3.05) is 6.54 Å². The number of esters is 2. The fourth-order valence-electron chi connectivity index (χ4n) is 4.37. The molecule has 0 saturated carbocycles. The second-order valence-electron chi connectivity index (χ2n) is 8.65. The lowest BCUT2D eigenvalue weighted by Crippen LogP contribution is -2.40. The Kier molecular flexibility index (Phi) is 6.99. The molecular formula is C28H27NO6S. The van der Waals surface area contributed by atoms with E-state index in [0.29, 0.717) is 0 Å². The molecule has 0 fully saturated rings. The second kappa shape index (κ2) is 9.99. The van der Waals surface area contributed by atoms with Gasteiger partial charge in [-0.05, 0) is 36.3 Å². The Hall–Kier alpha value is -3.91. The summed E-state index contributed by atoms with van der Waals surface area (Å²) in [4.78, 5) is 24.0. The van der Waals surface area contributed by atoms with E-state index in [1.165, 1.54) is 30.3 Å². The van der Waals surface area contributed by atoms with Gasteiger partial charge in [0.15, 0.2) is 0 Å². The van der Waals surface area contributed by atoms with Crippen molar-refractivity contribution in [2.24, 2.45) is 0 Å². The number of nitrogens with zero attached hydrogens (tertiary/aromatic N) is 1. The first-order chi connectivity index (χ1) is 17.1. The molecular weight excluding hydrogens is 478 g/mol. The summed E-state index contributed by atoms with van der Waals surface area (Å²) in [7, 11) is -4.13. The topological polar surface area (TPSA) is 90.0 Å². The molecule has 36 heavy (non-hydrogen) atoms. The Morgan fingerprint density at radius 1 is 0.806 bits per heavy atom. The van der Waals surface area contributed by atoms with Crippen molar-refractivity contribution < 1.29 is 27.5 Å². The Morgan fingerprint density at radius 2 is 1.28 bits per heavy atom. The first-order valence-electron chi connectivity index (χ1n) is 11.4. The van der Waals surface area contributed by atoms with Crippen LogP contribution < -0.4 is 0 Å². The SMILES string of the molecule is CC(=O)OC(OC(C)=O)C1=CC(c2ccccc2)(c2ccccc2)CN1S(=O)(=O)c1ccc(C)cc1. The Bertz CT molecular complexity index is 1330. The lowest BCUT2D eigenvalue weighted by Gasteiger charge is -2.31. The summed E-state index contributed by atoms with van der Waals surface area (Å²) < 4.78 is 39.8. The molecule has 0 atom stereocenters. The number of carbonyl (C=O) groups excluding carboxylic acids is 2. The minimum absolute atomic E-state index is 0.0222. The molecule has 0 radical (unpaired) electrons. The highest BCUT2D eigenvalue weighted by molar-refractivity contribution is 7.89. The zero-order valence-corrected chi connectivity index (χ0v) is 21.1. The van der Waals surface area contributed by atoms with Gasteiger partial charge < -0.3 is 9.47 Å². The lowest BCUT2D eigenvalue weighted by atomic mass is 9.75. The van der Waals surface area contributed by atoms with Crippen LogP contribution in [0.3, 0.4) is 0 Å². The van der Waals surface area contributed by atoms with Crippen molar-refractivity contribution in [3.05, 3.63) is 113 Å². The number of hydrogen-bond donors (Lipinski definition) is 0. The van der Waals surface area contributed by atoms with E-state index in [1.54, 1.807) is 18.2 Å². The van der Waals surface area contributed by atoms with Crippen LogP contribution in [0.4, 0.5) is 0 Å². The summed E-state index contributed by atoms with van der Waals surface area (Å²) in [6.45, 7) is 4.19. The predicted octanol–water partition coefficient (Wildman–Crippen LogP) is 4.32. The fraction of sp³-hybridized carbons (Fsp3) is 0.214. The maximum Gasteiger partial charge on any atom is 0.306 e. The smallest absolute Gasteiger partial charge is 0.306 e. The Balaban J connectivity index is 1.97. The van der Waals surface area contributed by atoms with Gasteiger partial charge in [-0.15, -0.1) is 0 Å². The number of benzene rings is 3. The number of rotatable bonds is 7. The molecule has 0 bridgehead atoms.